The number of hydrogen-bond donors (Lipinski definition) is 1. The minimum atomic E-state index is -3.94. The second-order valence-corrected chi connectivity index (χ2v) is 9.83. The van der Waals surface area contributed by atoms with E-state index in [-0.39, 0.29) is 23.4 Å². The third kappa shape index (κ3) is 5.93. The summed E-state index contributed by atoms with van der Waals surface area (Å²) >= 11 is 0. The van der Waals surface area contributed by atoms with E-state index in [4.69, 9.17) is 4.74 Å². The number of hydrogen-bond acceptors (Lipinski definition) is 4. The molecule has 1 unspecified atom stereocenters. The lowest BCUT2D eigenvalue weighted by Crippen LogP contribution is -2.42. The summed E-state index contributed by atoms with van der Waals surface area (Å²) in [5, 5.41) is 2.98. The summed E-state index contributed by atoms with van der Waals surface area (Å²) in [5.74, 6) is 0.351. The van der Waals surface area contributed by atoms with Crippen molar-refractivity contribution in [3.63, 3.8) is 0 Å². The van der Waals surface area contributed by atoms with Crippen LogP contribution in [-0.2, 0) is 14.8 Å². The van der Waals surface area contributed by atoms with E-state index in [1.54, 1.807) is 49.6 Å². The molecule has 3 aromatic carbocycles. The Bertz CT molecular complexity index is 1190. The molecular formula is C26H30N2O4S. The Kier molecular flexibility index (Phi) is 7.76. The van der Waals surface area contributed by atoms with Gasteiger partial charge in [0.2, 0.25) is 5.91 Å². The molecule has 33 heavy (non-hydrogen) atoms. The van der Waals surface area contributed by atoms with Gasteiger partial charge in [-0.2, -0.15) is 0 Å². The molecule has 0 fully saturated rings. The molecule has 0 bridgehead atoms. The molecule has 0 saturated carbocycles. The Balaban J connectivity index is 1.89. The van der Waals surface area contributed by atoms with Crippen LogP contribution in [-0.4, -0.2) is 28.0 Å². The smallest absolute Gasteiger partial charge is 0.264 e. The summed E-state index contributed by atoms with van der Waals surface area (Å²) in [5.41, 5.74) is 3.24. The number of amides is 1. The van der Waals surface area contributed by atoms with Gasteiger partial charge in [-0.3, -0.25) is 9.10 Å². The van der Waals surface area contributed by atoms with Crippen molar-refractivity contribution in [3.05, 3.63) is 89.5 Å². The van der Waals surface area contributed by atoms with Gasteiger partial charge in [0.1, 0.15) is 12.3 Å². The molecule has 0 saturated heterocycles. The van der Waals surface area contributed by atoms with Crippen molar-refractivity contribution in [1.82, 2.24) is 5.32 Å². The molecule has 1 N–H and O–H groups in total. The zero-order chi connectivity index (χ0) is 24.0. The zero-order valence-electron chi connectivity index (χ0n) is 19.4. The maximum atomic E-state index is 13.5. The monoisotopic (exact) mass is 466 g/mol. The maximum Gasteiger partial charge on any atom is 0.264 e. The van der Waals surface area contributed by atoms with Crippen LogP contribution in [0.5, 0.6) is 5.75 Å². The maximum absolute atomic E-state index is 13.5. The van der Waals surface area contributed by atoms with Gasteiger partial charge in [0.15, 0.2) is 0 Å². The molecule has 0 aliphatic rings. The van der Waals surface area contributed by atoms with Crippen LogP contribution in [0.25, 0.3) is 0 Å². The van der Waals surface area contributed by atoms with E-state index >= 15 is 0 Å². The van der Waals surface area contributed by atoms with E-state index in [1.165, 1.54) is 4.31 Å². The molecule has 3 aromatic rings. The van der Waals surface area contributed by atoms with E-state index in [9.17, 15) is 13.2 Å². The molecule has 1 amide bonds. The SMILES string of the molecule is CCC(NC(=O)CN(c1cccc(C)c1)S(=O)(=O)c1ccc(C)cc1)c1ccc(OC)cc1. The van der Waals surface area contributed by atoms with Crippen molar-refractivity contribution in [1.29, 1.82) is 0 Å². The first-order valence-corrected chi connectivity index (χ1v) is 12.3. The predicted octanol–water partition coefficient (Wildman–Crippen LogP) is 4.77. The Labute approximate surface area is 196 Å². The number of nitrogens with one attached hydrogen (secondary N) is 1. The lowest BCUT2D eigenvalue weighted by Gasteiger charge is -2.26. The normalized spacial score (nSPS) is 12.1. The van der Waals surface area contributed by atoms with E-state index in [1.807, 2.05) is 51.1 Å². The molecule has 6 nitrogen and oxygen atoms in total. The van der Waals surface area contributed by atoms with Gasteiger partial charge in [-0.1, -0.05) is 48.9 Å². The van der Waals surface area contributed by atoms with Crippen molar-refractivity contribution in [2.75, 3.05) is 18.0 Å². The number of sulfonamides is 1. The van der Waals surface area contributed by atoms with Gasteiger partial charge in [-0.05, 0) is 67.8 Å². The summed E-state index contributed by atoms with van der Waals surface area (Å²) in [6.07, 6.45) is 0.660. The molecule has 0 aromatic heterocycles. The van der Waals surface area contributed by atoms with Gasteiger partial charge in [-0.25, -0.2) is 8.42 Å². The Morgan fingerprint density at radius 1 is 0.970 bits per heavy atom. The van der Waals surface area contributed by atoms with Gasteiger partial charge in [-0.15, -0.1) is 0 Å². The fraction of sp³-hybridized carbons (Fsp3) is 0.269. The van der Waals surface area contributed by atoms with Gasteiger partial charge in [0.05, 0.1) is 23.7 Å². The second kappa shape index (κ2) is 10.5. The van der Waals surface area contributed by atoms with Gasteiger partial charge < -0.3 is 10.1 Å². The molecule has 0 radical (unpaired) electrons. The van der Waals surface area contributed by atoms with Gasteiger partial charge >= 0.3 is 0 Å². The van der Waals surface area contributed by atoms with Gasteiger partial charge in [0, 0.05) is 0 Å². The van der Waals surface area contributed by atoms with Crippen molar-refractivity contribution >= 4 is 21.6 Å². The number of aryl methyl sites for hydroxylation is 2. The van der Waals surface area contributed by atoms with Crippen LogP contribution in [0.2, 0.25) is 0 Å². The minimum Gasteiger partial charge on any atom is -0.497 e. The average molecular weight is 467 g/mol. The van der Waals surface area contributed by atoms with Gasteiger partial charge in [0.25, 0.3) is 10.0 Å². The zero-order valence-corrected chi connectivity index (χ0v) is 20.2. The highest BCUT2D eigenvalue weighted by Gasteiger charge is 2.28. The van der Waals surface area contributed by atoms with Crippen LogP contribution in [0.3, 0.4) is 0 Å². The van der Waals surface area contributed by atoms with Crippen LogP contribution < -0.4 is 14.4 Å². The lowest BCUT2D eigenvalue weighted by atomic mass is 10.0. The van der Waals surface area contributed by atoms with E-state index in [0.29, 0.717) is 12.1 Å². The third-order valence-corrected chi connectivity index (χ3v) is 7.24. The molecule has 0 aliphatic heterocycles. The molecular weight excluding hydrogens is 436 g/mol. The summed E-state index contributed by atoms with van der Waals surface area (Å²) in [6.45, 7) is 5.42. The number of carbonyl (C=O) groups is 1. The van der Waals surface area contributed by atoms with Crippen molar-refractivity contribution in [3.8, 4) is 5.75 Å². The van der Waals surface area contributed by atoms with E-state index < -0.39 is 10.0 Å². The van der Waals surface area contributed by atoms with Crippen LogP contribution in [0.15, 0.2) is 77.7 Å². The minimum absolute atomic E-state index is 0.143. The van der Waals surface area contributed by atoms with Crippen LogP contribution in [0, 0.1) is 13.8 Å². The van der Waals surface area contributed by atoms with E-state index in [0.717, 1.165) is 22.4 Å². The Morgan fingerprint density at radius 3 is 2.21 bits per heavy atom. The summed E-state index contributed by atoms with van der Waals surface area (Å²) < 4.78 is 33.4. The van der Waals surface area contributed by atoms with Crippen LogP contribution in [0.4, 0.5) is 5.69 Å². The highest BCUT2D eigenvalue weighted by atomic mass is 32.2. The molecule has 7 heteroatoms. The number of methoxy groups -OCH3 is 1. The topological polar surface area (TPSA) is 75.7 Å². The molecule has 0 heterocycles. The van der Waals surface area contributed by atoms with Crippen LogP contribution >= 0.6 is 0 Å². The number of ether oxygens (including phenoxy) is 1. The molecule has 3 rings (SSSR count). The summed E-state index contributed by atoms with van der Waals surface area (Å²) in [6, 6.07) is 21.0. The van der Waals surface area contributed by atoms with Crippen molar-refractivity contribution in [2.45, 2.75) is 38.1 Å². The van der Waals surface area contributed by atoms with Crippen molar-refractivity contribution < 1.29 is 17.9 Å². The highest BCUT2D eigenvalue weighted by Crippen LogP contribution is 2.25. The lowest BCUT2D eigenvalue weighted by molar-refractivity contribution is -0.120. The first kappa shape index (κ1) is 24.3. The quantitative estimate of drug-likeness (QED) is 0.493. The number of carbonyl (C=O) groups excluding carboxylic acids is 1. The number of rotatable bonds is 9. The van der Waals surface area contributed by atoms with Crippen LogP contribution in [0.1, 0.15) is 36.1 Å². The standard InChI is InChI=1S/C26H30N2O4S/c1-5-25(21-11-13-23(32-4)14-12-21)27-26(29)18-28(22-8-6-7-20(3)17-22)33(30,31)24-15-9-19(2)10-16-24/h6-17,25H,5,18H2,1-4H3,(H,27,29). The molecule has 174 valence electrons. The first-order valence-electron chi connectivity index (χ1n) is 10.8. The molecule has 1 atom stereocenters. The first-order chi connectivity index (χ1) is 15.7. The second-order valence-electron chi connectivity index (χ2n) is 7.97. The van der Waals surface area contributed by atoms with E-state index in [2.05, 4.69) is 5.32 Å². The number of anilines is 1. The predicted molar refractivity (Wildman–Crippen MR) is 131 cm³/mol. The molecule has 0 aliphatic carbocycles. The molecule has 0 spiro atoms. The third-order valence-electron chi connectivity index (χ3n) is 5.45. The number of nitrogens with zero attached hydrogens (tertiary/aromatic N) is 1. The Morgan fingerprint density at radius 2 is 1.64 bits per heavy atom. The fourth-order valence-electron chi connectivity index (χ4n) is 3.56. The Hall–Kier alpha value is -3.32. The largest absolute Gasteiger partial charge is 0.497 e. The summed E-state index contributed by atoms with van der Waals surface area (Å²) in [7, 11) is -2.34. The fourth-order valence-corrected chi connectivity index (χ4v) is 4.98. The van der Waals surface area contributed by atoms with Crippen molar-refractivity contribution in [2.24, 2.45) is 0 Å². The highest BCUT2D eigenvalue weighted by molar-refractivity contribution is 7.92. The summed E-state index contributed by atoms with van der Waals surface area (Å²) in [4.78, 5) is 13.2. The number of benzene rings is 3. The average Bonchev–Trinajstić information content (AvgIpc) is 2.81.